The van der Waals surface area contributed by atoms with Crippen molar-refractivity contribution < 1.29 is 23.8 Å². The SMILES string of the molecule is COc1ccc(C(=O)N2[C@@H](C3CCCCC3)SC[C@H]2C(=O)OC(C)C)c(OC)c1. The summed E-state index contributed by atoms with van der Waals surface area (Å²) in [5.41, 5.74) is 0.443. The van der Waals surface area contributed by atoms with Crippen LogP contribution in [0.3, 0.4) is 0 Å². The minimum atomic E-state index is -0.575. The van der Waals surface area contributed by atoms with Gasteiger partial charge in [-0.3, -0.25) is 4.79 Å². The van der Waals surface area contributed by atoms with Crippen LogP contribution in [0, 0.1) is 5.92 Å². The Morgan fingerprint density at radius 3 is 2.45 bits per heavy atom. The van der Waals surface area contributed by atoms with Crippen LogP contribution in [0.2, 0.25) is 0 Å². The zero-order valence-electron chi connectivity index (χ0n) is 17.7. The number of nitrogens with zero attached hydrogens (tertiary/aromatic N) is 1. The van der Waals surface area contributed by atoms with Gasteiger partial charge in [0, 0.05) is 11.8 Å². The first kappa shape index (κ1) is 21.8. The van der Waals surface area contributed by atoms with E-state index in [1.54, 1.807) is 42.0 Å². The maximum Gasteiger partial charge on any atom is 0.330 e. The van der Waals surface area contributed by atoms with Crippen LogP contribution in [0.5, 0.6) is 11.5 Å². The summed E-state index contributed by atoms with van der Waals surface area (Å²) in [5.74, 6) is 1.52. The summed E-state index contributed by atoms with van der Waals surface area (Å²) < 4.78 is 16.2. The molecule has 1 saturated carbocycles. The van der Waals surface area contributed by atoms with E-state index in [-0.39, 0.29) is 23.4 Å². The van der Waals surface area contributed by atoms with E-state index in [0.29, 0.717) is 28.7 Å². The molecule has 1 saturated heterocycles. The summed E-state index contributed by atoms with van der Waals surface area (Å²) in [6.07, 6.45) is 5.56. The third kappa shape index (κ3) is 4.82. The highest BCUT2D eigenvalue weighted by Gasteiger charge is 2.46. The third-order valence-electron chi connectivity index (χ3n) is 5.59. The zero-order chi connectivity index (χ0) is 21.0. The Bertz CT molecular complexity index is 732. The number of rotatable bonds is 6. The highest BCUT2D eigenvalue weighted by Crippen LogP contribution is 2.42. The molecule has 0 N–H and O–H groups in total. The van der Waals surface area contributed by atoms with E-state index < -0.39 is 6.04 Å². The lowest BCUT2D eigenvalue weighted by Gasteiger charge is -2.35. The molecule has 0 spiro atoms. The number of thioether (sulfide) groups is 1. The second-order valence-corrected chi connectivity index (χ2v) is 9.05. The molecule has 0 unspecified atom stereocenters. The van der Waals surface area contributed by atoms with Gasteiger partial charge >= 0.3 is 5.97 Å². The van der Waals surface area contributed by atoms with Gasteiger partial charge in [-0.1, -0.05) is 19.3 Å². The topological polar surface area (TPSA) is 65.1 Å². The first-order chi connectivity index (χ1) is 14.0. The van der Waals surface area contributed by atoms with Crippen molar-refractivity contribution in [3.05, 3.63) is 23.8 Å². The van der Waals surface area contributed by atoms with E-state index >= 15 is 0 Å². The summed E-state index contributed by atoms with van der Waals surface area (Å²) >= 11 is 1.70. The average Bonchev–Trinajstić information content (AvgIpc) is 3.18. The van der Waals surface area contributed by atoms with E-state index in [4.69, 9.17) is 14.2 Å². The van der Waals surface area contributed by atoms with E-state index in [9.17, 15) is 9.59 Å². The number of hydrogen-bond acceptors (Lipinski definition) is 6. The fourth-order valence-corrected chi connectivity index (χ4v) is 5.80. The van der Waals surface area contributed by atoms with Crippen molar-refractivity contribution >= 4 is 23.6 Å². The number of amides is 1. The summed E-state index contributed by atoms with van der Waals surface area (Å²) in [4.78, 5) is 28.2. The predicted octanol–water partition coefficient (Wildman–Crippen LogP) is 4.12. The van der Waals surface area contributed by atoms with E-state index in [1.807, 2.05) is 13.8 Å². The van der Waals surface area contributed by atoms with Crippen LogP contribution < -0.4 is 9.47 Å². The number of ether oxygens (including phenoxy) is 3. The smallest absolute Gasteiger partial charge is 0.330 e. The molecule has 2 aliphatic rings. The molecule has 2 atom stereocenters. The molecule has 1 aromatic rings. The number of carbonyl (C=O) groups is 2. The van der Waals surface area contributed by atoms with Crippen LogP contribution in [0.15, 0.2) is 18.2 Å². The Hall–Kier alpha value is -1.89. The zero-order valence-corrected chi connectivity index (χ0v) is 18.5. The van der Waals surface area contributed by atoms with Crippen molar-refractivity contribution in [3.8, 4) is 11.5 Å². The Balaban J connectivity index is 1.93. The van der Waals surface area contributed by atoms with Crippen LogP contribution in [0.4, 0.5) is 0 Å². The van der Waals surface area contributed by atoms with Gasteiger partial charge in [0.1, 0.15) is 17.5 Å². The molecule has 1 aliphatic heterocycles. The second kappa shape index (κ2) is 9.74. The molecular weight excluding hydrogens is 390 g/mol. The first-order valence-electron chi connectivity index (χ1n) is 10.3. The maximum absolute atomic E-state index is 13.7. The Kier molecular flexibility index (Phi) is 7.33. The lowest BCUT2D eigenvalue weighted by Crippen LogP contribution is -2.49. The molecule has 7 heteroatoms. The van der Waals surface area contributed by atoms with Gasteiger partial charge in [-0.25, -0.2) is 4.79 Å². The van der Waals surface area contributed by atoms with Gasteiger partial charge < -0.3 is 19.1 Å². The fourth-order valence-electron chi connectivity index (χ4n) is 4.17. The van der Waals surface area contributed by atoms with Crippen LogP contribution in [0.25, 0.3) is 0 Å². The van der Waals surface area contributed by atoms with E-state index in [0.717, 1.165) is 12.8 Å². The van der Waals surface area contributed by atoms with Crippen molar-refractivity contribution in [1.29, 1.82) is 0 Å². The summed E-state index contributed by atoms with van der Waals surface area (Å²) in [6, 6.07) is 4.59. The molecule has 1 amide bonds. The normalized spacial score (nSPS) is 22.6. The lowest BCUT2D eigenvalue weighted by molar-refractivity contribution is -0.152. The highest BCUT2D eigenvalue weighted by molar-refractivity contribution is 8.00. The van der Waals surface area contributed by atoms with Gasteiger partial charge in [-0.2, -0.15) is 0 Å². The van der Waals surface area contributed by atoms with Crippen LogP contribution in [0.1, 0.15) is 56.3 Å². The number of methoxy groups -OCH3 is 2. The van der Waals surface area contributed by atoms with Crippen LogP contribution >= 0.6 is 11.8 Å². The molecule has 2 fully saturated rings. The summed E-state index contributed by atoms with van der Waals surface area (Å²) in [6.45, 7) is 3.66. The minimum Gasteiger partial charge on any atom is -0.497 e. The largest absolute Gasteiger partial charge is 0.497 e. The molecule has 29 heavy (non-hydrogen) atoms. The molecule has 160 valence electrons. The van der Waals surface area contributed by atoms with Crippen molar-refractivity contribution in [1.82, 2.24) is 4.90 Å². The second-order valence-electron chi connectivity index (χ2n) is 7.90. The van der Waals surface area contributed by atoms with Gasteiger partial charge in [0.2, 0.25) is 0 Å². The van der Waals surface area contributed by atoms with Crippen molar-refractivity contribution in [2.24, 2.45) is 5.92 Å². The van der Waals surface area contributed by atoms with Crippen molar-refractivity contribution in [2.75, 3.05) is 20.0 Å². The molecule has 0 bridgehead atoms. The minimum absolute atomic E-state index is 0.0145. The maximum atomic E-state index is 13.7. The molecule has 0 aromatic heterocycles. The number of hydrogen-bond donors (Lipinski definition) is 0. The fraction of sp³-hybridized carbons (Fsp3) is 0.636. The average molecular weight is 422 g/mol. The Morgan fingerprint density at radius 1 is 1.10 bits per heavy atom. The van der Waals surface area contributed by atoms with Crippen molar-refractivity contribution in [2.45, 2.75) is 63.5 Å². The van der Waals surface area contributed by atoms with E-state index in [2.05, 4.69) is 0 Å². The van der Waals surface area contributed by atoms with Crippen molar-refractivity contribution in [3.63, 3.8) is 0 Å². The van der Waals surface area contributed by atoms with Gasteiger partial charge in [0.15, 0.2) is 0 Å². The molecule has 0 radical (unpaired) electrons. The number of benzene rings is 1. The third-order valence-corrected chi connectivity index (χ3v) is 7.05. The van der Waals surface area contributed by atoms with Gasteiger partial charge in [0.05, 0.1) is 31.3 Å². The highest BCUT2D eigenvalue weighted by atomic mass is 32.2. The van der Waals surface area contributed by atoms with Gasteiger partial charge in [-0.05, 0) is 44.7 Å². The molecule has 6 nitrogen and oxygen atoms in total. The number of esters is 1. The Morgan fingerprint density at radius 2 is 1.83 bits per heavy atom. The molecule has 3 rings (SSSR count). The van der Waals surface area contributed by atoms with Crippen LogP contribution in [-0.2, 0) is 9.53 Å². The molecule has 1 aromatic carbocycles. The number of carbonyl (C=O) groups excluding carboxylic acids is 2. The molecule has 1 aliphatic carbocycles. The first-order valence-corrected chi connectivity index (χ1v) is 11.4. The van der Waals surface area contributed by atoms with Gasteiger partial charge in [0.25, 0.3) is 5.91 Å². The quantitative estimate of drug-likeness (QED) is 0.644. The monoisotopic (exact) mass is 421 g/mol. The predicted molar refractivity (Wildman–Crippen MR) is 114 cm³/mol. The Labute approximate surface area is 177 Å². The summed E-state index contributed by atoms with van der Waals surface area (Å²) in [7, 11) is 3.11. The van der Waals surface area contributed by atoms with Gasteiger partial charge in [-0.15, -0.1) is 11.8 Å². The van der Waals surface area contributed by atoms with E-state index in [1.165, 1.54) is 26.4 Å². The van der Waals surface area contributed by atoms with Crippen LogP contribution in [-0.4, -0.2) is 54.3 Å². The summed E-state index contributed by atoms with van der Waals surface area (Å²) in [5, 5.41) is -0.0145. The molecular formula is C22H31NO5S. The standard InChI is InChI=1S/C22H31NO5S/c1-14(2)28-22(25)18-13-29-21(15-8-6-5-7-9-15)23(18)20(24)17-11-10-16(26-3)12-19(17)27-4/h10-12,14-15,18,21H,5-9,13H2,1-4H3/t18-,21+/m0/s1. The molecule has 1 heterocycles. The lowest BCUT2D eigenvalue weighted by atomic mass is 9.88.